The van der Waals surface area contributed by atoms with E-state index in [4.69, 9.17) is 23.2 Å². The third-order valence-corrected chi connectivity index (χ3v) is 3.80. The fraction of sp³-hybridized carbons (Fsp3) is 0.500. The van der Waals surface area contributed by atoms with Gasteiger partial charge in [0.15, 0.2) is 0 Å². The standard InChI is InChI=1S/C12H14Cl2FN/c13-10-4-6-16(7-5-10)8-9-2-1-3-11(15)12(9)14/h1-3,10H,4-8H2. The van der Waals surface area contributed by atoms with Crippen LogP contribution in [0, 0.1) is 5.82 Å². The maximum atomic E-state index is 13.2. The van der Waals surface area contributed by atoms with Crippen molar-refractivity contribution in [2.75, 3.05) is 13.1 Å². The molecule has 0 amide bonds. The van der Waals surface area contributed by atoms with Gasteiger partial charge >= 0.3 is 0 Å². The first-order valence-corrected chi connectivity index (χ1v) is 6.27. The maximum absolute atomic E-state index is 13.2. The summed E-state index contributed by atoms with van der Waals surface area (Å²) in [6.07, 6.45) is 1.99. The van der Waals surface area contributed by atoms with E-state index in [0.29, 0.717) is 11.9 Å². The molecule has 2 rings (SSSR count). The second kappa shape index (κ2) is 5.35. The molecule has 0 aliphatic carbocycles. The van der Waals surface area contributed by atoms with Gasteiger partial charge in [-0.1, -0.05) is 23.7 Å². The Kier molecular flexibility index (Phi) is 4.06. The number of benzene rings is 1. The smallest absolute Gasteiger partial charge is 0.142 e. The van der Waals surface area contributed by atoms with Gasteiger partial charge in [0, 0.05) is 11.9 Å². The van der Waals surface area contributed by atoms with Crippen molar-refractivity contribution in [3.63, 3.8) is 0 Å². The zero-order valence-electron chi connectivity index (χ0n) is 8.93. The van der Waals surface area contributed by atoms with Gasteiger partial charge in [0.1, 0.15) is 5.82 Å². The lowest BCUT2D eigenvalue weighted by atomic mass is 10.1. The molecule has 0 saturated carbocycles. The van der Waals surface area contributed by atoms with E-state index in [0.717, 1.165) is 31.5 Å². The molecular formula is C12H14Cl2FN. The Labute approximate surface area is 105 Å². The highest BCUT2D eigenvalue weighted by molar-refractivity contribution is 6.31. The molecule has 0 N–H and O–H groups in total. The number of halogens is 3. The van der Waals surface area contributed by atoms with Crippen LogP contribution in [0.4, 0.5) is 4.39 Å². The van der Waals surface area contributed by atoms with E-state index in [1.54, 1.807) is 6.07 Å². The van der Waals surface area contributed by atoms with Crippen molar-refractivity contribution in [2.45, 2.75) is 24.8 Å². The van der Waals surface area contributed by atoms with Crippen molar-refractivity contribution in [2.24, 2.45) is 0 Å². The Bertz CT molecular complexity index is 362. The Morgan fingerprint density at radius 1 is 1.31 bits per heavy atom. The van der Waals surface area contributed by atoms with Crippen molar-refractivity contribution >= 4 is 23.2 Å². The fourth-order valence-electron chi connectivity index (χ4n) is 1.97. The number of alkyl halides is 1. The zero-order chi connectivity index (χ0) is 11.5. The average molecular weight is 262 g/mol. The normalized spacial score (nSPS) is 18.9. The van der Waals surface area contributed by atoms with E-state index in [1.807, 2.05) is 6.07 Å². The van der Waals surface area contributed by atoms with Crippen LogP contribution < -0.4 is 0 Å². The molecule has 1 aliphatic rings. The van der Waals surface area contributed by atoms with E-state index in [1.165, 1.54) is 6.07 Å². The van der Waals surface area contributed by atoms with Crippen molar-refractivity contribution < 1.29 is 4.39 Å². The molecule has 1 aromatic carbocycles. The molecule has 16 heavy (non-hydrogen) atoms. The summed E-state index contributed by atoms with van der Waals surface area (Å²) in [5.74, 6) is -0.341. The Hall–Kier alpha value is -0.310. The molecule has 1 heterocycles. The Morgan fingerprint density at radius 3 is 2.69 bits per heavy atom. The summed E-state index contributed by atoms with van der Waals surface area (Å²) in [5, 5.41) is 0.537. The van der Waals surface area contributed by atoms with Gasteiger partial charge < -0.3 is 0 Å². The fourth-order valence-corrected chi connectivity index (χ4v) is 2.35. The highest BCUT2D eigenvalue weighted by Crippen LogP contribution is 2.23. The van der Waals surface area contributed by atoms with Crippen molar-refractivity contribution in [3.05, 3.63) is 34.6 Å². The van der Waals surface area contributed by atoms with Crippen LogP contribution in [-0.4, -0.2) is 23.4 Å². The van der Waals surface area contributed by atoms with Gasteiger partial charge in [0.05, 0.1) is 5.02 Å². The van der Waals surface area contributed by atoms with Crippen LogP contribution in [0.25, 0.3) is 0 Å². The number of hydrogen-bond acceptors (Lipinski definition) is 1. The van der Waals surface area contributed by atoms with Crippen LogP contribution >= 0.6 is 23.2 Å². The summed E-state index contributed by atoms with van der Waals surface area (Å²) in [5.41, 5.74) is 0.856. The van der Waals surface area contributed by atoms with Gasteiger partial charge in [0.2, 0.25) is 0 Å². The number of piperidine rings is 1. The maximum Gasteiger partial charge on any atom is 0.142 e. The number of hydrogen-bond donors (Lipinski definition) is 0. The van der Waals surface area contributed by atoms with Gasteiger partial charge in [-0.2, -0.15) is 0 Å². The van der Waals surface area contributed by atoms with Gasteiger partial charge in [-0.25, -0.2) is 4.39 Å². The summed E-state index contributed by atoms with van der Waals surface area (Å²) < 4.78 is 13.2. The zero-order valence-corrected chi connectivity index (χ0v) is 10.4. The van der Waals surface area contributed by atoms with E-state index < -0.39 is 0 Å². The summed E-state index contributed by atoms with van der Waals surface area (Å²) in [4.78, 5) is 2.26. The van der Waals surface area contributed by atoms with E-state index in [2.05, 4.69) is 4.90 Å². The molecule has 0 atom stereocenters. The molecule has 0 unspecified atom stereocenters. The van der Waals surface area contributed by atoms with Gasteiger partial charge in [-0.05, 0) is 37.6 Å². The Balaban J connectivity index is 2.01. The molecule has 1 fully saturated rings. The molecule has 1 nitrogen and oxygen atoms in total. The topological polar surface area (TPSA) is 3.24 Å². The molecule has 1 aromatic rings. The van der Waals surface area contributed by atoms with Gasteiger partial charge in [-0.3, -0.25) is 4.90 Å². The van der Waals surface area contributed by atoms with Crippen LogP contribution in [0.3, 0.4) is 0 Å². The van der Waals surface area contributed by atoms with Crippen molar-refractivity contribution in [1.29, 1.82) is 0 Å². The van der Waals surface area contributed by atoms with Crippen LogP contribution in [0.1, 0.15) is 18.4 Å². The van der Waals surface area contributed by atoms with E-state index in [9.17, 15) is 4.39 Å². The minimum Gasteiger partial charge on any atom is -0.299 e. The lowest BCUT2D eigenvalue weighted by Gasteiger charge is -2.29. The molecule has 88 valence electrons. The van der Waals surface area contributed by atoms with Crippen molar-refractivity contribution in [3.8, 4) is 0 Å². The SMILES string of the molecule is Fc1cccc(CN2CCC(Cl)CC2)c1Cl. The van der Waals surface area contributed by atoms with Crippen molar-refractivity contribution in [1.82, 2.24) is 4.90 Å². The highest BCUT2D eigenvalue weighted by Gasteiger charge is 2.18. The first-order chi connectivity index (χ1) is 7.66. The van der Waals surface area contributed by atoms with Gasteiger partial charge in [-0.15, -0.1) is 11.6 Å². The predicted molar refractivity (Wildman–Crippen MR) is 65.6 cm³/mol. The van der Waals surface area contributed by atoms with E-state index in [-0.39, 0.29) is 10.8 Å². The molecule has 1 saturated heterocycles. The molecule has 0 bridgehead atoms. The quantitative estimate of drug-likeness (QED) is 0.735. The average Bonchev–Trinajstić information content (AvgIpc) is 2.28. The van der Waals surface area contributed by atoms with Gasteiger partial charge in [0.25, 0.3) is 0 Å². The molecule has 0 spiro atoms. The summed E-state index contributed by atoms with van der Waals surface area (Å²) in [6.45, 7) is 2.63. The summed E-state index contributed by atoms with van der Waals surface area (Å²) in [6, 6.07) is 4.96. The highest BCUT2D eigenvalue weighted by atomic mass is 35.5. The molecular weight excluding hydrogens is 248 g/mol. The first-order valence-electron chi connectivity index (χ1n) is 5.46. The van der Waals surface area contributed by atoms with Crippen LogP contribution in [0.15, 0.2) is 18.2 Å². The minimum atomic E-state index is -0.341. The van der Waals surface area contributed by atoms with Crippen LogP contribution in [0.5, 0.6) is 0 Å². The Morgan fingerprint density at radius 2 is 2.00 bits per heavy atom. The van der Waals surface area contributed by atoms with E-state index >= 15 is 0 Å². The molecule has 0 radical (unpaired) electrons. The summed E-state index contributed by atoms with van der Waals surface area (Å²) in [7, 11) is 0. The summed E-state index contributed by atoms with van der Waals surface area (Å²) >= 11 is 11.9. The largest absolute Gasteiger partial charge is 0.299 e. The lowest BCUT2D eigenvalue weighted by molar-refractivity contribution is 0.223. The third-order valence-electron chi connectivity index (χ3n) is 2.94. The second-order valence-electron chi connectivity index (χ2n) is 4.16. The minimum absolute atomic E-state index is 0.246. The lowest BCUT2D eigenvalue weighted by Crippen LogP contribution is -2.33. The first kappa shape index (κ1) is 12.2. The predicted octanol–water partition coefficient (Wildman–Crippen LogP) is 3.68. The number of nitrogens with zero attached hydrogens (tertiary/aromatic N) is 1. The number of likely N-dealkylation sites (tertiary alicyclic amines) is 1. The van der Waals surface area contributed by atoms with Crippen LogP contribution in [0.2, 0.25) is 5.02 Å². The van der Waals surface area contributed by atoms with Crippen LogP contribution in [-0.2, 0) is 6.54 Å². The third kappa shape index (κ3) is 2.88. The molecule has 1 aliphatic heterocycles. The number of rotatable bonds is 2. The second-order valence-corrected chi connectivity index (χ2v) is 5.16. The monoisotopic (exact) mass is 261 g/mol. The molecule has 0 aromatic heterocycles. The molecule has 4 heteroatoms.